The number of primary amides is 1. The van der Waals surface area contributed by atoms with Crippen molar-refractivity contribution in [2.45, 2.75) is 19.4 Å². The molecule has 0 aliphatic carbocycles. The number of nitrogens with one attached hydrogen (secondary N) is 1. The van der Waals surface area contributed by atoms with Crippen molar-refractivity contribution in [2.24, 2.45) is 11.5 Å². The van der Waals surface area contributed by atoms with Gasteiger partial charge in [-0.05, 0) is 18.6 Å². The molecule has 0 saturated heterocycles. The molecule has 1 atom stereocenters. The zero-order valence-corrected chi connectivity index (χ0v) is 10.3. The lowest BCUT2D eigenvalue weighted by atomic mass is 10.1. The Hall–Kier alpha value is -2.48. The third-order valence-electron chi connectivity index (χ3n) is 2.36. The fraction of sp³-hybridized carbons (Fsp3) is 0.273. The monoisotopic (exact) mass is 266 g/mol. The van der Waals surface area contributed by atoms with Crippen LogP contribution in [0.25, 0.3) is 0 Å². The second-order valence-corrected chi connectivity index (χ2v) is 4.04. The Bertz CT molecular complexity index is 529. The van der Waals surface area contributed by atoms with E-state index in [4.69, 9.17) is 11.5 Å². The minimum Gasteiger partial charge on any atom is -0.370 e. The first-order valence-corrected chi connectivity index (χ1v) is 5.41. The molecule has 0 spiro atoms. The Kier molecular flexibility index (Phi) is 4.54. The van der Waals surface area contributed by atoms with E-state index in [1.54, 1.807) is 13.0 Å². The number of aryl methyl sites for hydroxylation is 1. The van der Waals surface area contributed by atoms with Crippen molar-refractivity contribution in [3.63, 3.8) is 0 Å². The first kappa shape index (κ1) is 14.6. The predicted octanol–water partition coefficient (Wildman–Crippen LogP) is 0.0444. The lowest BCUT2D eigenvalue weighted by Gasteiger charge is -2.11. The van der Waals surface area contributed by atoms with E-state index in [0.29, 0.717) is 0 Å². The molecule has 2 amide bonds. The van der Waals surface area contributed by atoms with Crippen LogP contribution in [-0.2, 0) is 9.59 Å². The molecule has 8 nitrogen and oxygen atoms in total. The molecule has 102 valence electrons. The van der Waals surface area contributed by atoms with Gasteiger partial charge in [0.05, 0.1) is 17.4 Å². The predicted molar refractivity (Wildman–Crippen MR) is 68.2 cm³/mol. The number of hydrogen-bond donors (Lipinski definition) is 3. The number of nitro groups is 1. The number of carbonyl (C=O) groups excluding carboxylic acids is 2. The lowest BCUT2D eigenvalue weighted by Crippen LogP contribution is -2.39. The number of hydrogen-bond acceptors (Lipinski definition) is 5. The fourth-order valence-corrected chi connectivity index (χ4v) is 1.44. The van der Waals surface area contributed by atoms with Crippen molar-refractivity contribution < 1.29 is 14.5 Å². The third-order valence-corrected chi connectivity index (χ3v) is 2.36. The highest BCUT2D eigenvalue weighted by molar-refractivity contribution is 5.98. The highest BCUT2D eigenvalue weighted by Crippen LogP contribution is 2.25. The molecule has 0 bridgehead atoms. The van der Waals surface area contributed by atoms with Crippen molar-refractivity contribution in [1.29, 1.82) is 0 Å². The van der Waals surface area contributed by atoms with Gasteiger partial charge in [-0.3, -0.25) is 19.7 Å². The Morgan fingerprint density at radius 3 is 2.63 bits per heavy atom. The number of amides is 2. The fourth-order valence-electron chi connectivity index (χ4n) is 1.44. The van der Waals surface area contributed by atoms with E-state index < -0.39 is 22.8 Å². The van der Waals surface area contributed by atoms with Crippen LogP contribution in [0.4, 0.5) is 11.4 Å². The van der Waals surface area contributed by atoms with Crippen molar-refractivity contribution in [3.05, 3.63) is 33.9 Å². The van der Waals surface area contributed by atoms with Crippen LogP contribution >= 0.6 is 0 Å². The van der Waals surface area contributed by atoms with Crippen LogP contribution in [-0.4, -0.2) is 22.8 Å². The number of nitrogens with two attached hydrogens (primary N) is 2. The van der Waals surface area contributed by atoms with Crippen molar-refractivity contribution in [2.75, 3.05) is 5.32 Å². The molecule has 0 radical (unpaired) electrons. The summed E-state index contributed by atoms with van der Waals surface area (Å²) in [6, 6.07) is 3.15. The summed E-state index contributed by atoms with van der Waals surface area (Å²) in [5, 5.41) is 13.1. The summed E-state index contributed by atoms with van der Waals surface area (Å²) in [6.07, 6.45) is -0.328. The second-order valence-electron chi connectivity index (χ2n) is 4.04. The topological polar surface area (TPSA) is 141 Å². The Labute approximate surface area is 108 Å². The van der Waals surface area contributed by atoms with Gasteiger partial charge < -0.3 is 16.8 Å². The van der Waals surface area contributed by atoms with E-state index in [2.05, 4.69) is 5.32 Å². The zero-order chi connectivity index (χ0) is 14.6. The standard InChI is InChI=1S/C11H14N4O4/c1-6-2-3-9(15(18)19)8(4-6)14-11(17)7(12)5-10(13)16/h2-4,7H,5,12H2,1H3,(H2,13,16)(H,14,17). The smallest absolute Gasteiger partial charge is 0.292 e. The first-order valence-electron chi connectivity index (χ1n) is 5.41. The van der Waals surface area contributed by atoms with Gasteiger partial charge in [-0.2, -0.15) is 0 Å². The average molecular weight is 266 g/mol. The molecule has 19 heavy (non-hydrogen) atoms. The molecule has 8 heteroatoms. The Balaban J connectivity index is 2.92. The molecular weight excluding hydrogens is 252 g/mol. The van der Waals surface area contributed by atoms with Crippen LogP contribution in [0, 0.1) is 17.0 Å². The molecule has 0 aliphatic heterocycles. The van der Waals surface area contributed by atoms with Crippen molar-refractivity contribution >= 4 is 23.2 Å². The van der Waals surface area contributed by atoms with Gasteiger partial charge in [0.25, 0.3) is 5.69 Å². The number of rotatable bonds is 5. The van der Waals surface area contributed by atoms with Gasteiger partial charge in [0, 0.05) is 6.07 Å². The number of carbonyl (C=O) groups is 2. The largest absolute Gasteiger partial charge is 0.370 e. The van der Waals surface area contributed by atoms with Crippen molar-refractivity contribution in [1.82, 2.24) is 0 Å². The Morgan fingerprint density at radius 2 is 2.11 bits per heavy atom. The van der Waals surface area contributed by atoms with Crippen LogP contribution < -0.4 is 16.8 Å². The first-order chi connectivity index (χ1) is 8.81. The van der Waals surface area contributed by atoms with E-state index in [9.17, 15) is 19.7 Å². The quantitative estimate of drug-likeness (QED) is 0.509. The van der Waals surface area contributed by atoms with Crippen LogP contribution in [0.1, 0.15) is 12.0 Å². The Morgan fingerprint density at radius 1 is 1.47 bits per heavy atom. The van der Waals surface area contributed by atoms with Gasteiger partial charge in [0.1, 0.15) is 5.69 Å². The molecule has 1 unspecified atom stereocenters. The van der Waals surface area contributed by atoms with E-state index >= 15 is 0 Å². The van der Waals surface area contributed by atoms with Crippen LogP contribution in [0.5, 0.6) is 0 Å². The molecule has 1 rings (SSSR count). The minimum atomic E-state index is -1.14. The van der Waals surface area contributed by atoms with Gasteiger partial charge in [-0.1, -0.05) is 6.07 Å². The highest BCUT2D eigenvalue weighted by atomic mass is 16.6. The van der Waals surface area contributed by atoms with Crippen LogP contribution in [0.3, 0.4) is 0 Å². The van der Waals surface area contributed by atoms with Gasteiger partial charge in [0.2, 0.25) is 11.8 Å². The molecule has 0 fully saturated rings. The molecule has 0 saturated carbocycles. The number of anilines is 1. The third kappa shape index (κ3) is 4.03. The number of nitro benzene ring substituents is 1. The van der Waals surface area contributed by atoms with E-state index in [-0.39, 0.29) is 17.8 Å². The number of nitrogens with zero attached hydrogens (tertiary/aromatic N) is 1. The summed E-state index contributed by atoms with van der Waals surface area (Å²) in [5.41, 5.74) is 10.9. The zero-order valence-electron chi connectivity index (χ0n) is 10.3. The summed E-state index contributed by atoms with van der Waals surface area (Å²) < 4.78 is 0. The molecule has 5 N–H and O–H groups in total. The summed E-state index contributed by atoms with van der Waals surface area (Å²) in [4.78, 5) is 32.5. The van der Waals surface area contributed by atoms with E-state index in [1.807, 2.05) is 0 Å². The maximum absolute atomic E-state index is 11.7. The molecule has 1 aromatic carbocycles. The second kappa shape index (κ2) is 5.91. The van der Waals surface area contributed by atoms with E-state index in [0.717, 1.165) is 5.56 Å². The van der Waals surface area contributed by atoms with Gasteiger partial charge >= 0.3 is 0 Å². The molecule has 1 aromatic rings. The van der Waals surface area contributed by atoms with Gasteiger partial charge in [-0.15, -0.1) is 0 Å². The molecule has 0 heterocycles. The summed E-state index contributed by atoms with van der Waals surface area (Å²) >= 11 is 0. The normalized spacial score (nSPS) is 11.7. The molecule has 0 aromatic heterocycles. The summed E-state index contributed by atoms with van der Waals surface area (Å²) in [6.45, 7) is 1.72. The van der Waals surface area contributed by atoms with Crippen LogP contribution in [0.2, 0.25) is 0 Å². The van der Waals surface area contributed by atoms with Gasteiger partial charge in [0.15, 0.2) is 0 Å². The average Bonchev–Trinajstić information content (AvgIpc) is 2.27. The van der Waals surface area contributed by atoms with Gasteiger partial charge in [-0.25, -0.2) is 0 Å². The number of benzene rings is 1. The van der Waals surface area contributed by atoms with Crippen molar-refractivity contribution in [3.8, 4) is 0 Å². The van der Waals surface area contributed by atoms with E-state index in [1.165, 1.54) is 12.1 Å². The molecule has 0 aliphatic rings. The summed E-state index contributed by atoms with van der Waals surface area (Å²) in [5.74, 6) is -1.42. The maximum Gasteiger partial charge on any atom is 0.292 e. The molecular formula is C11H14N4O4. The highest BCUT2D eigenvalue weighted by Gasteiger charge is 2.20. The maximum atomic E-state index is 11.7. The minimum absolute atomic E-state index is 0.0370. The lowest BCUT2D eigenvalue weighted by molar-refractivity contribution is -0.383. The SMILES string of the molecule is Cc1ccc([N+](=O)[O-])c(NC(=O)C(N)CC(N)=O)c1. The summed E-state index contributed by atoms with van der Waals surface area (Å²) in [7, 11) is 0. The van der Waals surface area contributed by atoms with Crippen LogP contribution in [0.15, 0.2) is 18.2 Å².